The summed E-state index contributed by atoms with van der Waals surface area (Å²) < 4.78 is 0. The van der Waals surface area contributed by atoms with E-state index < -0.39 is 6.04 Å². The van der Waals surface area contributed by atoms with Crippen LogP contribution in [0.4, 0.5) is 11.4 Å². The third-order valence-corrected chi connectivity index (χ3v) is 6.53. The predicted molar refractivity (Wildman–Crippen MR) is 134 cm³/mol. The number of thiophene rings is 1. The van der Waals surface area contributed by atoms with E-state index in [0.717, 1.165) is 22.5 Å². The van der Waals surface area contributed by atoms with E-state index in [2.05, 4.69) is 5.32 Å². The molecule has 1 N–H and O–H groups in total. The molecule has 4 aromatic rings. The molecule has 3 aromatic carbocycles. The van der Waals surface area contributed by atoms with Gasteiger partial charge < -0.3 is 5.32 Å². The smallest absolute Gasteiger partial charge is 0.276 e. The number of anilines is 2. The summed E-state index contributed by atoms with van der Waals surface area (Å²) in [4.78, 5) is 30.1. The summed E-state index contributed by atoms with van der Waals surface area (Å²) in [6.07, 6.45) is 0. The van der Waals surface area contributed by atoms with Crippen LogP contribution in [0, 0.1) is 6.92 Å². The number of hydrogen-bond donors (Lipinski definition) is 1. The average molecular weight is 451 g/mol. The van der Waals surface area contributed by atoms with Gasteiger partial charge in [-0.2, -0.15) is 0 Å². The van der Waals surface area contributed by atoms with Crippen LogP contribution in [0.1, 0.15) is 26.8 Å². The molecule has 5 heteroatoms. The van der Waals surface area contributed by atoms with Crippen LogP contribution in [0.2, 0.25) is 0 Å². The van der Waals surface area contributed by atoms with Gasteiger partial charge in [0.05, 0.1) is 16.5 Å². The van der Waals surface area contributed by atoms with Crippen molar-refractivity contribution in [2.45, 2.75) is 13.0 Å². The van der Waals surface area contributed by atoms with Gasteiger partial charge in [0.15, 0.2) is 0 Å². The molecule has 5 rings (SSSR count). The molecular formula is C28H22N2O2S. The lowest BCUT2D eigenvalue weighted by Crippen LogP contribution is -2.31. The number of benzene rings is 3. The Labute approximate surface area is 196 Å². The molecule has 0 saturated carbocycles. The summed E-state index contributed by atoms with van der Waals surface area (Å²) in [5.74, 6) is -0.364. The SMILES string of the molecule is Cc1cccc(NC2=C(C(=O)c3cccs3)[C@H](c3ccccc3)N(c3ccccc3)C2=O)c1. The number of amides is 1. The third-order valence-electron chi connectivity index (χ3n) is 5.66. The maximum atomic E-state index is 13.9. The molecule has 1 amide bonds. The minimum Gasteiger partial charge on any atom is -0.351 e. The molecule has 1 aliphatic heterocycles. The van der Waals surface area contributed by atoms with Crippen LogP contribution in [-0.2, 0) is 4.79 Å². The van der Waals surface area contributed by atoms with E-state index in [1.165, 1.54) is 11.3 Å². The van der Waals surface area contributed by atoms with E-state index in [1.54, 1.807) is 4.90 Å². The fourth-order valence-corrected chi connectivity index (χ4v) is 4.87. The van der Waals surface area contributed by atoms with Crippen LogP contribution in [0.25, 0.3) is 0 Å². The van der Waals surface area contributed by atoms with Crippen LogP contribution in [-0.4, -0.2) is 11.7 Å². The predicted octanol–water partition coefficient (Wildman–Crippen LogP) is 6.39. The van der Waals surface area contributed by atoms with E-state index in [9.17, 15) is 9.59 Å². The van der Waals surface area contributed by atoms with Crippen molar-refractivity contribution >= 4 is 34.4 Å². The number of hydrogen-bond acceptors (Lipinski definition) is 4. The molecule has 0 saturated heterocycles. The molecule has 0 unspecified atom stereocenters. The lowest BCUT2D eigenvalue weighted by Gasteiger charge is -2.27. The van der Waals surface area contributed by atoms with Crippen molar-refractivity contribution in [2.75, 3.05) is 10.2 Å². The Kier molecular flexibility index (Phi) is 5.63. The van der Waals surface area contributed by atoms with Gasteiger partial charge in [0.25, 0.3) is 5.91 Å². The average Bonchev–Trinajstić information content (AvgIpc) is 3.47. The first kappa shape index (κ1) is 20.9. The number of nitrogens with zero attached hydrogens (tertiary/aromatic N) is 1. The Bertz CT molecular complexity index is 1330. The lowest BCUT2D eigenvalue weighted by molar-refractivity contribution is -0.114. The number of carbonyl (C=O) groups is 2. The van der Waals surface area contributed by atoms with Gasteiger partial charge in [-0.1, -0.05) is 66.7 Å². The second-order valence-electron chi connectivity index (χ2n) is 7.91. The van der Waals surface area contributed by atoms with Crippen molar-refractivity contribution in [3.8, 4) is 0 Å². The van der Waals surface area contributed by atoms with Crippen molar-refractivity contribution in [1.29, 1.82) is 0 Å². The van der Waals surface area contributed by atoms with E-state index in [1.807, 2.05) is 109 Å². The van der Waals surface area contributed by atoms with Crippen LogP contribution in [0.5, 0.6) is 0 Å². The Morgan fingerprint density at radius 3 is 2.27 bits per heavy atom. The molecule has 1 aromatic heterocycles. The highest BCUT2D eigenvalue weighted by molar-refractivity contribution is 7.12. The van der Waals surface area contributed by atoms with Gasteiger partial charge in [-0.15, -0.1) is 11.3 Å². The van der Waals surface area contributed by atoms with E-state index >= 15 is 0 Å². The molecule has 0 radical (unpaired) electrons. The number of Topliss-reactive ketones (excluding diaryl/α,β-unsaturated/α-hetero) is 1. The molecule has 2 heterocycles. The van der Waals surface area contributed by atoms with Crippen molar-refractivity contribution in [1.82, 2.24) is 0 Å². The molecule has 1 aliphatic rings. The maximum absolute atomic E-state index is 13.9. The zero-order valence-electron chi connectivity index (χ0n) is 18.1. The summed E-state index contributed by atoms with van der Waals surface area (Å²) in [6.45, 7) is 2.00. The van der Waals surface area contributed by atoms with Crippen molar-refractivity contribution in [2.24, 2.45) is 0 Å². The highest BCUT2D eigenvalue weighted by Crippen LogP contribution is 2.43. The number of aryl methyl sites for hydroxylation is 1. The molecule has 0 spiro atoms. The van der Waals surface area contributed by atoms with Gasteiger partial charge in [-0.05, 0) is 53.8 Å². The topological polar surface area (TPSA) is 49.4 Å². The number of para-hydroxylation sites is 1. The fourth-order valence-electron chi connectivity index (χ4n) is 4.19. The largest absolute Gasteiger partial charge is 0.351 e. The summed E-state index contributed by atoms with van der Waals surface area (Å²) in [6, 6.07) is 30.2. The number of nitrogens with one attached hydrogen (secondary N) is 1. The van der Waals surface area contributed by atoms with Crippen molar-refractivity contribution in [3.05, 3.63) is 130 Å². The third kappa shape index (κ3) is 3.99. The van der Waals surface area contributed by atoms with Crippen molar-refractivity contribution < 1.29 is 9.59 Å². The zero-order chi connectivity index (χ0) is 22.8. The van der Waals surface area contributed by atoms with Gasteiger partial charge in [-0.3, -0.25) is 14.5 Å². The first-order chi connectivity index (χ1) is 16.1. The highest BCUT2D eigenvalue weighted by atomic mass is 32.1. The number of carbonyl (C=O) groups excluding carboxylic acids is 2. The van der Waals surface area contributed by atoms with Crippen LogP contribution < -0.4 is 10.2 Å². The van der Waals surface area contributed by atoms with Crippen molar-refractivity contribution in [3.63, 3.8) is 0 Å². The van der Waals surface area contributed by atoms with Gasteiger partial charge in [0.1, 0.15) is 5.70 Å². The standard InChI is InChI=1S/C28H22N2O2S/c1-19-10-8-13-21(18-19)29-25-24(27(31)23-16-9-17-33-23)26(20-11-4-2-5-12-20)30(28(25)32)22-14-6-3-7-15-22/h2-18,26,29H,1H3/t26-/m0/s1. The van der Waals surface area contributed by atoms with Crippen LogP contribution in [0.15, 0.2) is 114 Å². The Hall–Kier alpha value is -3.96. The minimum atomic E-state index is -0.539. The number of ketones is 1. The second kappa shape index (κ2) is 8.88. The fraction of sp³-hybridized carbons (Fsp3) is 0.0714. The summed E-state index contributed by atoms with van der Waals surface area (Å²) in [5, 5.41) is 5.18. The van der Waals surface area contributed by atoms with Crippen LogP contribution in [0.3, 0.4) is 0 Å². The van der Waals surface area contributed by atoms with E-state index in [-0.39, 0.29) is 11.7 Å². The minimum absolute atomic E-state index is 0.138. The van der Waals surface area contributed by atoms with Gasteiger partial charge >= 0.3 is 0 Å². The Balaban J connectivity index is 1.72. The maximum Gasteiger partial charge on any atom is 0.276 e. The molecule has 0 fully saturated rings. The van der Waals surface area contributed by atoms with Gasteiger partial charge in [0.2, 0.25) is 5.78 Å². The van der Waals surface area contributed by atoms with E-state index in [0.29, 0.717) is 16.1 Å². The highest BCUT2D eigenvalue weighted by Gasteiger charge is 2.44. The molecular weight excluding hydrogens is 428 g/mol. The molecule has 0 bridgehead atoms. The quantitative estimate of drug-likeness (QED) is 0.346. The second-order valence-corrected chi connectivity index (χ2v) is 8.86. The molecule has 162 valence electrons. The first-order valence-corrected chi connectivity index (χ1v) is 11.6. The number of rotatable bonds is 6. The van der Waals surface area contributed by atoms with Gasteiger partial charge in [0, 0.05) is 11.4 Å². The Morgan fingerprint density at radius 1 is 0.879 bits per heavy atom. The van der Waals surface area contributed by atoms with Gasteiger partial charge in [-0.25, -0.2) is 0 Å². The molecule has 1 atom stereocenters. The summed E-state index contributed by atoms with van der Waals surface area (Å²) >= 11 is 1.38. The summed E-state index contributed by atoms with van der Waals surface area (Å²) in [5.41, 5.74) is 4.24. The lowest BCUT2D eigenvalue weighted by atomic mass is 9.94. The first-order valence-electron chi connectivity index (χ1n) is 10.7. The Morgan fingerprint density at radius 2 is 1.61 bits per heavy atom. The van der Waals surface area contributed by atoms with E-state index in [4.69, 9.17) is 0 Å². The molecule has 0 aliphatic carbocycles. The molecule has 33 heavy (non-hydrogen) atoms. The monoisotopic (exact) mass is 450 g/mol. The molecule has 4 nitrogen and oxygen atoms in total. The summed E-state index contributed by atoms with van der Waals surface area (Å²) in [7, 11) is 0. The normalized spacial score (nSPS) is 15.7. The zero-order valence-corrected chi connectivity index (χ0v) is 18.9. The van der Waals surface area contributed by atoms with Crippen LogP contribution >= 0.6 is 11.3 Å².